The lowest BCUT2D eigenvalue weighted by Crippen LogP contribution is -2.41. The fraction of sp³-hybridized carbons (Fsp3) is 0.227. The molecule has 6 rings (SSSR count). The molecule has 6 nitrogen and oxygen atoms in total. The van der Waals surface area contributed by atoms with Crippen LogP contribution in [0.2, 0.25) is 0 Å². The molecule has 6 heterocycles. The molecule has 3 aromatic heterocycles. The van der Waals surface area contributed by atoms with E-state index in [0.717, 1.165) is 48.9 Å². The summed E-state index contributed by atoms with van der Waals surface area (Å²) >= 11 is 0. The van der Waals surface area contributed by atoms with E-state index in [4.69, 9.17) is 4.98 Å². The third-order valence-electron chi connectivity index (χ3n) is 5.49. The molecule has 3 aromatic rings. The zero-order valence-electron chi connectivity index (χ0n) is 15.9. The molecule has 0 atom stereocenters. The number of hydrogen-bond acceptors (Lipinski definition) is 6. The Labute approximate surface area is 168 Å². The van der Waals surface area contributed by atoms with Crippen LogP contribution in [0.25, 0.3) is 11.3 Å². The summed E-state index contributed by atoms with van der Waals surface area (Å²) in [7, 11) is 0. The first kappa shape index (κ1) is 17.6. The van der Waals surface area contributed by atoms with Crippen molar-refractivity contribution in [1.82, 2.24) is 15.0 Å². The Hall–Kier alpha value is -3.48. The predicted molar refractivity (Wildman–Crippen MR) is 112 cm³/mol. The molecule has 29 heavy (non-hydrogen) atoms. The monoisotopic (exact) mass is 388 g/mol. The van der Waals surface area contributed by atoms with Crippen LogP contribution in [0, 0.1) is 5.82 Å². The van der Waals surface area contributed by atoms with Gasteiger partial charge in [0.05, 0.1) is 29.5 Å². The second kappa shape index (κ2) is 7.16. The Kier molecular flexibility index (Phi) is 4.35. The average Bonchev–Trinajstić information content (AvgIpc) is 3.00. The number of aromatic nitrogens is 3. The molecule has 146 valence electrons. The minimum Gasteiger partial charge on any atom is -0.368 e. The molecule has 0 amide bonds. The normalized spacial score (nSPS) is 15.8. The fourth-order valence-corrected chi connectivity index (χ4v) is 4.13. The summed E-state index contributed by atoms with van der Waals surface area (Å²) in [6, 6.07) is 9.61. The van der Waals surface area contributed by atoms with Crippen molar-refractivity contribution in [3.05, 3.63) is 73.3 Å². The summed E-state index contributed by atoms with van der Waals surface area (Å²) in [4.78, 5) is 17.6. The zero-order valence-corrected chi connectivity index (χ0v) is 15.9. The Bertz CT molecular complexity index is 1050. The number of rotatable bonds is 4. The first-order chi connectivity index (χ1) is 14.2. The average molecular weight is 388 g/mol. The van der Waals surface area contributed by atoms with Crippen LogP contribution in [-0.4, -0.2) is 34.1 Å². The van der Waals surface area contributed by atoms with Gasteiger partial charge in [-0.15, -0.1) is 0 Å². The quantitative estimate of drug-likeness (QED) is 0.728. The van der Waals surface area contributed by atoms with Crippen LogP contribution >= 0.6 is 0 Å². The van der Waals surface area contributed by atoms with Gasteiger partial charge in [-0.25, -0.2) is 9.37 Å². The van der Waals surface area contributed by atoms with Gasteiger partial charge >= 0.3 is 0 Å². The molecular weight excluding hydrogens is 367 g/mol. The third kappa shape index (κ3) is 3.29. The molecular formula is C22H21FN6. The van der Waals surface area contributed by atoms with Crippen molar-refractivity contribution in [3.63, 3.8) is 0 Å². The Balaban J connectivity index is 1.57. The number of piperidine rings is 1. The highest BCUT2D eigenvalue weighted by Gasteiger charge is 2.35. The lowest BCUT2D eigenvalue weighted by Gasteiger charge is -2.34. The number of nitrogens with zero attached hydrogens (tertiary/aromatic N) is 5. The van der Waals surface area contributed by atoms with Gasteiger partial charge in [-0.3, -0.25) is 9.97 Å². The van der Waals surface area contributed by atoms with Crippen molar-refractivity contribution in [2.75, 3.05) is 28.2 Å². The van der Waals surface area contributed by atoms with Crippen LogP contribution in [-0.2, 0) is 0 Å². The van der Waals surface area contributed by atoms with Gasteiger partial charge in [0.25, 0.3) is 0 Å². The number of halogens is 1. The van der Waals surface area contributed by atoms with Gasteiger partial charge in [-0.2, -0.15) is 0 Å². The van der Waals surface area contributed by atoms with Crippen molar-refractivity contribution in [2.45, 2.75) is 18.9 Å². The van der Waals surface area contributed by atoms with E-state index >= 15 is 0 Å². The highest BCUT2D eigenvalue weighted by molar-refractivity contribution is 5.76. The van der Waals surface area contributed by atoms with Gasteiger partial charge in [0, 0.05) is 37.1 Å². The SMILES string of the molecule is C=C(Nc1cccnc1)N1c2nc(-c3cncc(F)c3)ccc2N2CCC1CC2. The molecule has 1 saturated heterocycles. The minimum atomic E-state index is -0.373. The largest absolute Gasteiger partial charge is 0.368 e. The zero-order chi connectivity index (χ0) is 19.8. The molecule has 2 bridgehead atoms. The van der Waals surface area contributed by atoms with E-state index in [9.17, 15) is 4.39 Å². The van der Waals surface area contributed by atoms with E-state index in [2.05, 4.69) is 37.7 Å². The Morgan fingerprint density at radius 3 is 2.72 bits per heavy atom. The summed E-state index contributed by atoms with van der Waals surface area (Å²) < 4.78 is 13.7. The number of anilines is 3. The van der Waals surface area contributed by atoms with E-state index in [-0.39, 0.29) is 5.82 Å². The number of hydrogen-bond donors (Lipinski definition) is 1. The molecule has 0 aromatic carbocycles. The van der Waals surface area contributed by atoms with Gasteiger partial charge in [0.2, 0.25) is 0 Å². The van der Waals surface area contributed by atoms with Crippen LogP contribution in [0.1, 0.15) is 12.8 Å². The number of fused-ring (bicyclic) bond motifs is 2. The van der Waals surface area contributed by atoms with Crippen LogP contribution in [0.15, 0.2) is 67.5 Å². The maximum atomic E-state index is 13.7. The molecule has 0 spiro atoms. The first-order valence-electron chi connectivity index (χ1n) is 9.71. The Morgan fingerprint density at radius 2 is 1.97 bits per heavy atom. The van der Waals surface area contributed by atoms with Gasteiger partial charge in [-0.1, -0.05) is 6.58 Å². The fourth-order valence-electron chi connectivity index (χ4n) is 4.13. The lowest BCUT2D eigenvalue weighted by molar-refractivity contribution is 0.500. The molecule has 0 radical (unpaired) electrons. The molecule has 0 aliphatic carbocycles. The van der Waals surface area contributed by atoms with Crippen LogP contribution in [0.3, 0.4) is 0 Å². The lowest BCUT2D eigenvalue weighted by atomic mass is 10.1. The maximum absolute atomic E-state index is 13.7. The maximum Gasteiger partial charge on any atom is 0.158 e. The smallest absolute Gasteiger partial charge is 0.158 e. The highest BCUT2D eigenvalue weighted by atomic mass is 19.1. The topological polar surface area (TPSA) is 57.2 Å². The minimum absolute atomic E-state index is 0.303. The highest BCUT2D eigenvalue weighted by Crippen LogP contribution is 2.40. The molecule has 0 saturated carbocycles. The van der Waals surface area contributed by atoms with E-state index in [1.54, 1.807) is 18.6 Å². The van der Waals surface area contributed by atoms with E-state index in [1.165, 1.54) is 12.3 Å². The molecule has 1 N–H and O–H groups in total. The van der Waals surface area contributed by atoms with Crippen molar-refractivity contribution in [3.8, 4) is 11.3 Å². The van der Waals surface area contributed by atoms with Gasteiger partial charge in [0.1, 0.15) is 11.6 Å². The summed E-state index contributed by atoms with van der Waals surface area (Å²) in [5.41, 5.74) is 3.30. The second-order valence-electron chi connectivity index (χ2n) is 7.33. The van der Waals surface area contributed by atoms with Gasteiger partial charge in [0.15, 0.2) is 5.82 Å². The second-order valence-corrected chi connectivity index (χ2v) is 7.33. The van der Waals surface area contributed by atoms with Crippen LogP contribution in [0.5, 0.6) is 0 Å². The van der Waals surface area contributed by atoms with Crippen molar-refractivity contribution >= 4 is 17.2 Å². The summed E-state index contributed by atoms with van der Waals surface area (Å²) in [5, 5.41) is 3.37. The summed E-state index contributed by atoms with van der Waals surface area (Å²) in [6.45, 7) is 6.27. The van der Waals surface area contributed by atoms with Gasteiger partial charge < -0.3 is 15.1 Å². The molecule has 7 heteroatoms. The van der Waals surface area contributed by atoms with Crippen molar-refractivity contribution in [1.29, 1.82) is 0 Å². The van der Waals surface area contributed by atoms with Gasteiger partial charge in [-0.05, 0) is 43.2 Å². The Morgan fingerprint density at radius 1 is 1.10 bits per heavy atom. The number of nitrogens with one attached hydrogen (secondary N) is 1. The van der Waals surface area contributed by atoms with E-state index < -0.39 is 0 Å². The van der Waals surface area contributed by atoms with Crippen LogP contribution in [0.4, 0.5) is 21.6 Å². The summed E-state index contributed by atoms with van der Waals surface area (Å²) in [6.07, 6.45) is 8.40. The van der Waals surface area contributed by atoms with Crippen LogP contribution < -0.4 is 15.1 Å². The molecule has 0 unspecified atom stereocenters. The molecule has 3 aliphatic heterocycles. The van der Waals surface area contributed by atoms with Crippen molar-refractivity contribution in [2.24, 2.45) is 0 Å². The number of pyridine rings is 3. The molecule has 1 fully saturated rings. The molecule has 3 aliphatic rings. The van der Waals surface area contributed by atoms with E-state index in [0.29, 0.717) is 17.3 Å². The standard InChI is InChI=1S/C22H21FN6/c1-15(26-18-3-2-8-24-14-18)29-19-6-9-28(10-7-19)21-5-4-20(27-22(21)29)16-11-17(23)13-25-12-16/h2-5,8,11-14,19,26H,1,6-7,9-10H2. The predicted octanol–water partition coefficient (Wildman–Crippen LogP) is 4.05. The first-order valence-corrected chi connectivity index (χ1v) is 9.71. The van der Waals surface area contributed by atoms with E-state index in [1.807, 2.05) is 18.2 Å². The summed E-state index contributed by atoms with van der Waals surface area (Å²) in [5.74, 6) is 1.23. The van der Waals surface area contributed by atoms with Crippen molar-refractivity contribution < 1.29 is 4.39 Å². The third-order valence-corrected chi connectivity index (χ3v) is 5.49.